The second kappa shape index (κ2) is 9.12. The predicted octanol–water partition coefficient (Wildman–Crippen LogP) is 4.54. The van der Waals surface area contributed by atoms with Crippen LogP contribution >= 0.6 is 22.9 Å². The van der Waals surface area contributed by atoms with E-state index in [2.05, 4.69) is 27.1 Å². The number of benzene rings is 2. The van der Waals surface area contributed by atoms with Gasteiger partial charge in [-0.3, -0.25) is 4.79 Å². The van der Waals surface area contributed by atoms with Crippen LogP contribution in [-0.4, -0.2) is 49.0 Å². The predicted molar refractivity (Wildman–Crippen MR) is 121 cm³/mol. The van der Waals surface area contributed by atoms with Crippen molar-refractivity contribution >= 4 is 40.2 Å². The van der Waals surface area contributed by atoms with Gasteiger partial charge in [0.25, 0.3) is 0 Å². The van der Waals surface area contributed by atoms with Crippen molar-refractivity contribution < 1.29 is 9.18 Å². The molecule has 1 aromatic heterocycles. The molecule has 0 aliphatic carbocycles. The third-order valence-electron chi connectivity index (χ3n) is 5.04. The van der Waals surface area contributed by atoms with Crippen LogP contribution in [0, 0.1) is 5.82 Å². The smallest absolute Gasteiger partial charge is 0.230 e. The SMILES string of the molecule is CN1CCN(c2ccc(Cl)cc2NC(=O)Cc2csc(-c3cccc(F)c3)n2)CC1. The average molecular weight is 445 g/mol. The Kier molecular flexibility index (Phi) is 6.32. The molecule has 0 bridgehead atoms. The number of nitrogens with one attached hydrogen (secondary N) is 1. The molecule has 2 heterocycles. The summed E-state index contributed by atoms with van der Waals surface area (Å²) in [6, 6.07) is 11.9. The summed E-state index contributed by atoms with van der Waals surface area (Å²) < 4.78 is 13.5. The topological polar surface area (TPSA) is 48.5 Å². The first-order chi connectivity index (χ1) is 14.5. The van der Waals surface area contributed by atoms with Gasteiger partial charge < -0.3 is 15.1 Å². The number of thiazole rings is 1. The summed E-state index contributed by atoms with van der Waals surface area (Å²) in [4.78, 5) is 21.7. The zero-order chi connectivity index (χ0) is 21.1. The third-order valence-corrected chi connectivity index (χ3v) is 6.22. The molecule has 1 aliphatic rings. The first kappa shape index (κ1) is 20.8. The van der Waals surface area contributed by atoms with Crippen molar-refractivity contribution in [1.29, 1.82) is 0 Å². The van der Waals surface area contributed by atoms with E-state index in [1.807, 2.05) is 17.5 Å². The highest BCUT2D eigenvalue weighted by Gasteiger charge is 2.19. The zero-order valence-electron chi connectivity index (χ0n) is 16.6. The maximum Gasteiger partial charge on any atom is 0.230 e. The van der Waals surface area contributed by atoms with Crippen molar-refractivity contribution in [1.82, 2.24) is 9.88 Å². The van der Waals surface area contributed by atoms with Crippen molar-refractivity contribution in [3.8, 4) is 10.6 Å². The van der Waals surface area contributed by atoms with E-state index in [-0.39, 0.29) is 18.1 Å². The second-order valence-corrected chi connectivity index (χ2v) is 8.63. The third kappa shape index (κ3) is 4.98. The minimum Gasteiger partial charge on any atom is -0.367 e. The van der Waals surface area contributed by atoms with Gasteiger partial charge in [0.05, 0.1) is 23.5 Å². The number of hydrogen-bond donors (Lipinski definition) is 1. The Balaban J connectivity index is 1.46. The van der Waals surface area contributed by atoms with Gasteiger partial charge in [-0.2, -0.15) is 0 Å². The lowest BCUT2D eigenvalue weighted by atomic mass is 10.2. The van der Waals surface area contributed by atoms with Crippen LogP contribution in [0.1, 0.15) is 5.69 Å². The van der Waals surface area contributed by atoms with Crippen molar-refractivity contribution in [3.05, 3.63) is 64.4 Å². The number of nitrogens with zero attached hydrogens (tertiary/aromatic N) is 3. The first-order valence-electron chi connectivity index (χ1n) is 9.71. The average Bonchev–Trinajstić information content (AvgIpc) is 3.17. The molecule has 1 N–H and O–H groups in total. The van der Waals surface area contributed by atoms with Crippen molar-refractivity contribution in [2.45, 2.75) is 6.42 Å². The molecular formula is C22H22ClFN4OS. The van der Waals surface area contributed by atoms with E-state index in [4.69, 9.17) is 11.6 Å². The summed E-state index contributed by atoms with van der Waals surface area (Å²) in [5.41, 5.74) is 3.04. The Morgan fingerprint density at radius 3 is 2.77 bits per heavy atom. The lowest BCUT2D eigenvalue weighted by molar-refractivity contribution is -0.115. The molecule has 156 valence electrons. The molecule has 4 rings (SSSR count). The molecule has 0 atom stereocenters. The summed E-state index contributed by atoms with van der Waals surface area (Å²) in [5, 5.41) is 6.09. The number of carbonyl (C=O) groups is 1. The number of halogens is 2. The fraction of sp³-hybridized carbons (Fsp3) is 0.273. The number of aromatic nitrogens is 1. The molecule has 1 amide bonds. The Labute approximate surface area is 184 Å². The summed E-state index contributed by atoms with van der Waals surface area (Å²) in [7, 11) is 2.10. The molecular weight excluding hydrogens is 423 g/mol. The second-order valence-electron chi connectivity index (χ2n) is 7.33. The van der Waals surface area contributed by atoms with E-state index >= 15 is 0 Å². The molecule has 1 fully saturated rings. The number of piperazine rings is 1. The van der Waals surface area contributed by atoms with Gasteiger partial charge in [-0.25, -0.2) is 9.37 Å². The van der Waals surface area contributed by atoms with E-state index in [0.717, 1.165) is 31.9 Å². The molecule has 1 aliphatic heterocycles. The van der Waals surface area contributed by atoms with Gasteiger partial charge in [0, 0.05) is 42.1 Å². The van der Waals surface area contributed by atoms with E-state index in [1.54, 1.807) is 18.2 Å². The van der Waals surface area contributed by atoms with Crippen molar-refractivity contribution in [3.63, 3.8) is 0 Å². The summed E-state index contributed by atoms with van der Waals surface area (Å²) in [6.45, 7) is 3.73. The molecule has 30 heavy (non-hydrogen) atoms. The summed E-state index contributed by atoms with van der Waals surface area (Å²) in [5.74, 6) is -0.469. The van der Waals surface area contributed by atoms with Crippen molar-refractivity contribution in [2.75, 3.05) is 43.4 Å². The number of amides is 1. The monoisotopic (exact) mass is 444 g/mol. The Morgan fingerprint density at radius 1 is 1.20 bits per heavy atom. The van der Waals surface area contributed by atoms with Gasteiger partial charge in [0.15, 0.2) is 0 Å². The maximum atomic E-state index is 13.5. The number of anilines is 2. The highest BCUT2D eigenvalue weighted by molar-refractivity contribution is 7.13. The minimum absolute atomic E-state index is 0.139. The normalized spacial score (nSPS) is 14.7. The number of hydrogen-bond acceptors (Lipinski definition) is 5. The van der Waals surface area contributed by atoms with Crippen molar-refractivity contribution in [2.24, 2.45) is 0 Å². The Bertz CT molecular complexity index is 1050. The van der Waals surface area contributed by atoms with Gasteiger partial charge in [-0.1, -0.05) is 23.7 Å². The van der Waals surface area contributed by atoms with E-state index in [1.165, 1.54) is 23.5 Å². The zero-order valence-corrected chi connectivity index (χ0v) is 18.1. The summed E-state index contributed by atoms with van der Waals surface area (Å²) >= 11 is 7.58. The number of rotatable bonds is 5. The molecule has 0 unspecified atom stereocenters. The van der Waals surface area contributed by atoms with Gasteiger partial charge in [-0.05, 0) is 37.4 Å². The fourth-order valence-electron chi connectivity index (χ4n) is 3.43. The van der Waals surface area contributed by atoms with Crippen LogP contribution < -0.4 is 10.2 Å². The standard InChI is InChI=1S/C22H22ClFN4OS/c1-27-7-9-28(10-8-27)20-6-5-16(23)12-19(20)26-21(29)13-18-14-30-22(25-18)15-3-2-4-17(24)11-15/h2-6,11-12,14H,7-10,13H2,1H3,(H,26,29). The highest BCUT2D eigenvalue weighted by Crippen LogP contribution is 2.30. The van der Waals surface area contributed by atoms with Crippen LogP contribution in [0.4, 0.5) is 15.8 Å². The molecule has 0 radical (unpaired) electrons. The molecule has 1 saturated heterocycles. The molecule has 0 spiro atoms. The molecule has 0 saturated carbocycles. The minimum atomic E-state index is -0.306. The van der Waals surface area contributed by atoms with Crippen LogP contribution in [0.5, 0.6) is 0 Å². The molecule has 5 nitrogen and oxygen atoms in total. The Hall–Kier alpha value is -2.48. The molecule has 8 heteroatoms. The molecule has 2 aromatic carbocycles. The maximum absolute atomic E-state index is 13.5. The molecule has 3 aromatic rings. The number of likely N-dealkylation sites (N-methyl/N-ethyl adjacent to an activating group) is 1. The first-order valence-corrected chi connectivity index (χ1v) is 11.0. The van der Waals surface area contributed by atoms with E-state index in [0.29, 0.717) is 27.0 Å². The van der Waals surface area contributed by atoms with Crippen LogP contribution in [-0.2, 0) is 11.2 Å². The number of carbonyl (C=O) groups excluding carboxylic acids is 1. The lowest BCUT2D eigenvalue weighted by Gasteiger charge is -2.35. The fourth-order valence-corrected chi connectivity index (χ4v) is 4.42. The van der Waals surface area contributed by atoms with Crippen LogP contribution in [0.2, 0.25) is 5.02 Å². The van der Waals surface area contributed by atoms with Gasteiger partial charge in [0.1, 0.15) is 10.8 Å². The summed E-state index contributed by atoms with van der Waals surface area (Å²) in [6.07, 6.45) is 0.139. The Morgan fingerprint density at radius 2 is 2.00 bits per heavy atom. The quantitative estimate of drug-likeness (QED) is 0.627. The van der Waals surface area contributed by atoms with E-state index in [9.17, 15) is 9.18 Å². The van der Waals surface area contributed by atoms with E-state index < -0.39 is 0 Å². The van der Waals surface area contributed by atoms with Gasteiger partial charge in [-0.15, -0.1) is 11.3 Å². The van der Waals surface area contributed by atoms with Gasteiger partial charge >= 0.3 is 0 Å². The lowest BCUT2D eigenvalue weighted by Crippen LogP contribution is -2.44. The highest BCUT2D eigenvalue weighted by atomic mass is 35.5. The van der Waals surface area contributed by atoms with Gasteiger partial charge in [0.2, 0.25) is 5.91 Å². The largest absolute Gasteiger partial charge is 0.367 e. The van der Waals surface area contributed by atoms with Crippen LogP contribution in [0.3, 0.4) is 0 Å². The van der Waals surface area contributed by atoms with Crippen LogP contribution in [0.25, 0.3) is 10.6 Å². The van der Waals surface area contributed by atoms with Crippen LogP contribution in [0.15, 0.2) is 47.8 Å².